The number of hydrogen-bond acceptors (Lipinski definition) is 5. The minimum atomic E-state index is -0.350. The van der Waals surface area contributed by atoms with E-state index in [1.165, 1.54) is 12.1 Å². The molecule has 0 bridgehead atoms. The van der Waals surface area contributed by atoms with Crippen LogP contribution in [0.5, 0.6) is 5.88 Å². The Labute approximate surface area is 189 Å². The van der Waals surface area contributed by atoms with Crippen molar-refractivity contribution in [2.45, 2.75) is 25.5 Å². The van der Waals surface area contributed by atoms with E-state index < -0.39 is 0 Å². The molecule has 0 radical (unpaired) electrons. The van der Waals surface area contributed by atoms with Crippen molar-refractivity contribution in [1.82, 2.24) is 20.1 Å². The Morgan fingerprint density at radius 1 is 1.27 bits per heavy atom. The van der Waals surface area contributed by atoms with E-state index in [9.17, 15) is 14.4 Å². The predicted octanol–water partition coefficient (Wildman–Crippen LogP) is 4.45. The number of ether oxygens (including phenoxy) is 1. The lowest BCUT2D eigenvalue weighted by atomic mass is 10.1. The van der Waals surface area contributed by atoms with Crippen molar-refractivity contribution < 1.29 is 13.9 Å². The summed E-state index contributed by atoms with van der Waals surface area (Å²) in [7, 11) is 1.69. The van der Waals surface area contributed by atoms with Crippen LogP contribution < -0.4 is 4.74 Å². The SMILES string of the molecule is CN(Cc1ccc(C#N)c2cn[nH]c12)C(=O)c1ccc(-c2cccc(F)c2)c(OC2CC2)n1. The third kappa shape index (κ3) is 4.13. The molecule has 8 heteroatoms. The monoisotopic (exact) mass is 441 g/mol. The summed E-state index contributed by atoms with van der Waals surface area (Å²) in [5.74, 6) is -0.299. The van der Waals surface area contributed by atoms with Gasteiger partial charge in [-0.3, -0.25) is 9.89 Å². The largest absolute Gasteiger partial charge is 0.474 e. The van der Waals surface area contributed by atoms with Gasteiger partial charge in [-0.15, -0.1) is 0 Å². The van der Waals surface area contributed by atoms with Crippen LogP contribution in [0.2, 0.25) is 0 Å². The lowest BCUT2D eigenvalue weighted by Crippen LogP contribution is -2.27. The fraction of sp³-hybridized carbons (Fsp3) is 0.200. The molecule has 0 aliphatic heterocycles. The molecule has 1 fully saturated rings. The van der Waals surface area contributed by atoms with E-state index in [0.717, 1.165) is 23.9 Å². The van der Waals surface area contributed by atoms with Crippen molar-refractivity contribution in [3.8, 4) is 23.1 Å². The van der Waals surface area contributed by atoms with Crippen LogP contribution in [0, 0.1) is 17.1 Å². The second kappa shape index (κ2) is 8.36. The Morgan fingerprint density at radius 3 is 2.88 bits per heavy atom. The number of amides is 1. The van der Waals surface area contributed by atoms with Gasteiger partial charge in [0.25, 0.3) is 5.91 Å². The number of nitrogens with zero attached hydrogens (tertiary/aromatic N) is 4. The van der Waals surface area contributed by atoms with Crippen molar-refractivity contribution in [3.05, 3.63) is 77.4 Å². The average Bonchev–Trinajstić information content (AvgIpc) is 3.49. The molecule has 1 saturated carbocycles. The van der Waals surface area contributed by atoms with E-state index >= 15 is 0 Å². The third-order valence-electron chi connectivity index (χ3n) is 5.59. The molecule has 0 unspecified atom stereocenters. The number of hydrogen-bond donors (Lipinski definition) is 1. The van der Waals surface area contributed by atoms with Crippen LogP contribution in [0.15, 0.2) is 54.7 Å². The van der Waals surface area contributed by atoms with Gasteiger partial charge in [0.15, 0.2) is 0 Å². The molecule has 0 atom stereocenters. The number of halogens is 1. The molecular formula is C25H20FN5O2. The molecule has 1 N–H and O–H groups in total. The number of fused-ring (bicyclic) bond motifs is 1. The molecule has 7 nitrogen and oxygen atoms in total. The fourth-order valence-corrected chi connectivity index (χ4v) is 3.71. The number of aromatic amines is 1. The van der Waals surface area contributed by atoms with Crippen molar-refractivity contribution in [1.29, 1.82) is 5.26 Å². The zero-order chi connectivity index (χ0) is 22.9. The Hall–Kier alpha value is -4.25. The minimum absolute atomic E-state index is 0.0696. The first-order valence-corrected chi connectivity index (χ1v) is 10.6. The molecule has 4 aromatic rings. The number of pyridine rings is 1. The van der Waals surface area contributed by atoms with Crippen LogP contribution in [-0.2, 0) is 6.54 Å². The van der Waals surface area contributed by atoms with E-state index in [2.05, 4.69) is 21.3 Å². The van der Waals surface area contributed by atoms with Gasteiger partial charge < -0.3 is 9.64 Å². The highest BCUT2D eigenvalue weighted by Crippen LogP contribution is 2.34. The van der Waals surface area contributed by atoms with Gasteiger partial charge in [-0.1, -0.05) is 18.2 Å². The van der Waals surface area contributed by atoms with Gasteiger partial charge in [0.2, 0.25) is 5.88 Å². The summed E-state index contributed by atoms with van der Waals surface area (Å²) in [6.45, 7) is 0.301. The van der Waals surface area contributed by atoms with E-state index in [1.807, 2.05) is 6.07 Å². The first-order valence-electron chi connectivity index (χ1n) is 10.6. The van der Waals surface area contributed by atoms with Crippen molar-refractivity contribution in [2.75, 3.05) is 7.05 Å². The van der Waals surface area contributed by atoms with Gasteiger partial charge >= 0.3 is 0 Å². The fourth-order valence-electron chi connectivity index (χ4n) is 3.71. The highest BCUT2D eigenvalue weighted by molar-refractivity contribution is 5.93. The van der Waals surface area contributed by atoms with E-state index in [-0.39, 0.29) is 23.5 Å². The standard InChI is InChI=1S/C25H20FN5O2/c1-31(14-17-6-5-16(12-27)21-13-28-30-23(17)21)25(32)22-10-9-20(15-3-2-4-18(26)11-15)24(29-22)33-19-7-8-19/h2-6,9-11,13,19H,7-8,14H2,1H3,(H,28,30). The second-order valence-corrected chi connectivity index (χ2v) is 8.08. The molecule has 2 heterocycles. The smallest absolute Gasteiger partial charge is 0.272 e. The predicted molar refractivity (Wildman–Crippen MR) is 120 cm³/mol. The van der Waals surface area contributed by atoms with Crippen LogP contribution in [0.1, 0.15) is 34.5 Å². The number of H-pyrrole nitrogens is 1. The van der Waals surface area contributed by atoms with E-state index in [4.69, 9.17) is 4.74 Å². The molecule has 0 saturated heterocycles. The quantitative estimate of drug-likeness (QED) is 0.477. The van der Waals surface area contributed by atoms with Crippen molar-refractivity contribution in [3.63, 3.8) is 0 Å². The first-order chi connectivity index (χ1) is 16.0. The summed E-state index contributed by atoms with van der Waals surface area (Å²) in [5, 5.41) is 16.9. The molecule has 2 aromatic carbocycles. The lowest BCUT2D eigenvalue weighted by molar-refractivity contribution is 0.0778. The van der Waals surface area contributed by atoms with E-state index in [0.29, 0.717) is 34.5 Å². The maximum absolute atomic E-state index is 13.8. The summed E-state index contributed by atoms with van der Waals surface area (Å²) >= 11 is 0. The Balaban J connectivity index is 1.43. The summed E-state index contributed by atoms with van der Waals surface area (Å²) in [6.07, 6.45) is 3.54. The summed E-state index contributed by atoms with van der Waals surface area (Å²) in [4.78, 5) is 19.2. The number of carbonyl (C=O) groups is 1. The zero-order valence-electron chi connectivity index (χ0n) is 17.9. The minimum Gasteiger partial charge on any atom is -0.474 e. The van der Waals surface area contributed by atoms with Crippen molar-refractivity contribution >= 4 is 16.8 Å². The Morgan fingerprint density at radius 2 is 2.12 bits per heavy atom. The van der Waals surface area contributed by atoms with Crippen LogP contribution in [0.4, 0.5) is 4.39 Å². The number of rotatable bonds is 6. The maximum Gasteiger partial charge on any atom is 0.272 e. The highest BCUT2D eigenvalue weighted by atomic mass is 19.1. The first kappa shape index (κ1) is 20.6. The molecule has 5 rings (SSSR count). The van der Waals surface area contributed by atoms with Gasteiger partial charge in [-0.05, 0) is 54.3 Å². The van der Waals surface area contributed by atoms with Gasteiger partial charge in [-0.25, -0.2) is 9.37 Å². The van der Waals surface area contributed by atoms with Crippen molar-refractivity contribution in [2.24, 2.45) is 0 Å². The van der Waals surface area contributed by atoms with E-state index in [1.54, 1.807) is 48.5 Å². The van der Waals surface area contributed by atoms with Gasteiger partial charge in [-0.2, -0.15) is 10.4 Å². The van der Waals surface area contributed by atoms with Gasteiger partial charge in [0.1, 0.15) is 17.6 Å². The second-order valence-electron chi connectivity index (χ2n) is 8.08. The average molecular weight is 441 g/mol. The molecule has 1 aliphatic carbocycles. The van der Waals surface area contributed by atoms with Gasteiger partial charge in [0.05, 0.1) is 23.3 Å². The number of nitriles is 1. The zero-order valence-corrected chi connectivity index (χ0v) is 17.9. The number of aromatic nitrogens is 3. The lowest BCUT2D eigenvalue weighted by Gasteiger charge is -2.18. The summed E-state index contributed by atoms with van der Waals surface area (Å²) in [6, 6.07) is 15.3. The van der Waals surface area contributed by atoms with Crippen LogP contribution in [0.25, 0.3) is 22.0 Å². The van der Waals surface area contributed by atoms with Crippen LogP contribution in [-0.4, -0.2) is 39.1 Å². The van der Waals surface area contributed by atoms with Crippen LogP contribution >= 0.6 is 0 Å². The molecule has 1 aliphatic rings. The number of nitrogens with one attached hydrogen (secondary N) is 1. The molecular weight excluding hydrogens is 421 g/mol. The molecule has 1 amide bonds. The van der Waals surface area contributed by atoms with Crippen LogP contribution in [0.3, 0.4) is 0 Å². The molecule has 33 heavy (non-hydrogen) atoms. The molecule has 2 aromatic heterocycles. The molecule has 164 valence electrons. The topological polar surface area (TPSA) is 94.9 Å². The Kier molecular flexibility index (Phi) is 5.23. The normalized spacial score (nSPS) is 13.0. The number of benzene rings is 2. The summed E-state index contributed by atoms with van der Waals surface area (Å²) < 4.78 is 19.7. The highest BCUT2D eigenvalue weighted by Gasteiger charge is 2.27. The Bertz CT molecular complexity index is 1400. The third-order valence-corrected chi connectivity index (χ3v) is 5.59. The maximum atomic E-state index is 13.8. The van der Waals surface area contributed by atoms with Gasteiger partial charge in [0, 0.05) is 24.5 Å². The summed E-state index contributed by atoms with van der Waals surface area (Å²) in [5.41, 5.74) is 3.61. The molecule has 0 spiro atoms. The number of carbonyl (C=O) groups excluding carboxylic acids is 1.